The molecule has 1 aliphatic carbocycles. The lowest BCUT2D eigenvalue weighted by Crippen LogP contribution is -2.62. The summed E-state index contributed by atoms with van der Waals surface area (Å²) in [4.78, 5) is 27.0. The Morgan fingerprint density at radius 2 is 1.83 bits per heavy atom. The zero-order valence-electron chi connectivity index (χ0n) is 17.3. The Kier molecular flexibility index (Phi) is 5.31. The molecule has 0 unspecified atom stereocenters. The quantitative estimate of drug-likeness (QED) is 0.706. The molecule has 4 heterocycles. The van der Waals surface area contributed by atoms with E-state index in [0.29, 0.717) is 45.1 Å². The number of ether oxygens (including phenoxy) is 3. The fraction of sp³-hybridized carbons (Fsp3) is 0.652. The van der Waals surface area contributed by atoms with E-state index in [1.54, 1.807) is 0 Å². The molecule has 2 bridgehead atoms. The van der Waals surface area contributed by atoms with Gasteiger partial charge in [-0.2, -0.15) is 0 Å². The largest absolute Gasteiger partial charge is 0.493 e. The Bertz CT molecular complexity index is 807. The lowest BCUT2D eigenvalue weighted by atomic mass is 9.82. The number of para-hydroxylation sites is 1. The van der Waals surface area contributed by atoms with Crippen molar-refractivity contribution in [2.24, 2.45) is 0 Å². The van der Waals surface area contributed by atoms with E-state index in [1.807, 2.05) is 17.0 Å². The Hall–Kier alpha value is -2.28. The van der Waals surface area contributed by atoms with Gasteiger partial charge in [0.1, 0.15) is 5.75 Å². The van der Waals surface area contributed by atoms with E-state index in [4.69, 9.17) is 14.2 Å². The second-order valence-electron chi connectivity index (χ2n) is 8.96. The van der Waals surface area contributed by atoms with Crippen LogP contribution < -0.4 is 10.1 Å². The number of rotatable bonds is 0. The first-order valence-electron chi connectivity index (χ1n) is 11.2. The molecule has 0 aromatic heterocycles. The topological polar surface area (TPSA) is 77.1 Å². The molecular formula is C23H30N2O5. The van der Waals surface area contributed by atoms with Crippen molar-refractivity contribution in [3.63, 3.8) is 0 Å². The van der Waals surface area contributed by atoms with Crippen LogP contribution in [-0.4, -0.2) is 61.0 Å². The summed E-state index contributed by atoms with van der Waals surface area (Å²) >= 11 is 0. The van der Waals surface area contributed by atoms with Crippen molar-refractivity contribution in [1.82, 2.24) is 10.2 Å². The maximum absolute atomic E-state index is 13.1. The van der Waals surface area contributed by atoms with Gasteiger partial charge in [0.25, 0.3) is 0 Å². The summed E-state index contributed by atoms with van der Waals surface area (Å²) in [6.07, 6.45) is 5.72. The van der Waals surface area contributed by atoms with Gasteiger partial charge in [-0.3, -0.25) is 4.79 Å². The summed E-state index contributed by atoms with van der Waals surface area (Å²) in [6.45, 7) is 1.82. The van der Waals surface area contributed by atoms with Crippen LogP contribution >= 0.6 is 0 Å². The van der Waals surface area contributed by atoms with Crippen LogP contribution in [0.2, 0.25) is 0 Å². The summed E-state index contributed by atoms with van der Waals surface area (Å²) in [7, 11) is 0. The minimum Gasteiger partial charge on any atom is -0.493 e. The van der Waals surface area contributed by atoms with Gasteiger partial charge in [0.15, 0.2) is 0 Å². The minimum atomic E-state index is -0.452. The number of nitrogens with zero attached hydrogens (tertiary/aromatic N) is 1. The average Bonchev–Trinajstić information content (AvgIpc) is 3.09. The molecule has 1 aromatic carbocycles. The second-order valence-corrected chi connectivity index (χ2v) is 8.96. The van der Waals surface area contributed by atoms with Gasteiger partial charge in [0.05, 0.1) is 43.9 Å². The molecule has 3 fully saturated rings. The fourth-order valence-corrected chi connectivity index (χ4v) is 5.66. The maximum Gasteiger partial charge on any atom is 0.407 e. The van der Waals surface area contributed by atoms with E-state index in [2.05, 4.69) is 17.4 Å². The van der Waals surface area contributed by atoms with E-state index in [9.17, 15) is 9.59 Å². The summed E-state index contributed by atoms with van der Waals surface area (Å²) in [5.41, 5.74) is 0.801. The molecule has 30 heavy (non-hydrogen) atoms. The molecule has 2 amide bonds. The van der Waals surface area contributed by atoms with Gasteiger partial charge in [-0.15, -0.1) is 0 Å². The minimum absolute atomic E-state index is 0.0564. The highest BCUT2D eigenvalue weighted by molar-refractivity contribution is 5.78. The van der Waals surface area contributed by atoms with Crippen molar-refractivity contribution in [2.75, 3.05) is 26.4 Å². The highest BCUT2D eigenvalue weighted by Crippen LogP contribution is 2.40. The van der Waals surface area contributed by atoms with Crippen LogP contribution in [-0.2, 0) is 14.3 Å². The fourth-order valence-electron chi connectivity index (χ4n) is 5.66. The van der Waals surface area contributed by atoms with E-state index < -0.39 is 11.6 Å². The van der Waals surface area contributed by atoms with Crippen LogP contribution in [0, 0.1) is 0 Å². The summed E-state index contributed by atoms with van der Waals surface area (Å²) in [5.74, 6) is 1.43. The molecule has 7 heteroatoms. The maximum atomic E-state index is 13.1. The molecule has 1 N–H and O–H groups in total. The first-order valence-corrected chi connectivity index (χ1v) is 11.2. The van der Waals surface area contributed by atoms with Gasteiger partial charge < -0.3 is 24.4 Å². The number of benzene rings is 1. The van der Waals surface area contributed by atoms with E-state index >= 15 is 0 Å². The van der Waals surface area contributed by atoms with Crippen LogP contribution in [0.3, 0.4) is 0 Å². The highest BCUT2D eigenvalue weighted by Gasteiger charge is 2.52. The van der Waals surface area contributed by atoms with E-state index in [-0.39, 0.29) is 18.1 Å². The SMILES string of the molecule is O=C1N[C@@]2(CCO1)CCN1C(=O)CCOc3ccccc3[C@H]3CC[C@H](CC3)OC[C@H]12. The second kappa shape index (κ2) is 8.10. The Labute approximate surface area is 177 Å². The van der Waals surface area contributed by atoms with E-state index in [0.717, 1.165) is 37.9 Å². The molecule has 1 spiro atoms. The van der Waals surface area contributed by atoms with Crippen LogP contribution in [0.1, 0.15) is 56.4 Å². The Morgan fingerprint density at radius 3 is 2.67 bits per heavy atom. The van der Waals surface area contributed by atoms with Crippen molar-refractivity contribution in [3.8, 4) is 5.75 Å². The number of carbonyl (C=O) groups excluding carboxylic acids is 2. The van der Waals surface area contributed by atoms with Crippen LogP contribution in [0.25, 0.3) is 0 Å². The van der Waals surface area contributed by atoms with Gasteiger partial charge in [0, 0.05) is 13.0 Å². The lowest BCUT2D eigenvalue weighted by molar-refractivity contribution is -0.136. The summed E-state index contributed by atoms with van der Waals surface area (Å²) < 4.78 is 17.6. The van der Waals surface area contributed by atoms with Crippen LogP contribution in [0.4, 0.5) is 4.79 Å². The zero-order valence-corrected chi connectivity index (χ0v) is 17.3. The third-order valence-corrected chi connectivity index (χ3v) is 7.36. The smallest absolute Gasteiger partial charge is 0.407 e. The van der Waals surface area contributed by atoms with Crippen LogP contribution in [0.5, 0.6) is 5.75 Å². The third kappa shape index (κ3) is 3.64. The molecule has 2 saturated heterocycles. The van der Waals surface area contributed by atoms with Gasteiger partial charge >= 0.3 is 6.09 Å². The molecule has 5 aliphatic rings. The molecule has 4 aliphatic heterocycles. The summed E-state index contributed by atoms with van der Waals surface area (Å²) in [5, 5.41) is 3.04. The van der Waals surface area contributed by atoms with Crippen molar-refractivity contribution in [2.45, 2.75) is 68.5 Å². The third-order valence-electron chi connectivity index (χ3n) is 7.36. The zero-order chi connectivity index (χ0) is 20.6. The molecule has 1 aromatic rings. The number of nitrogens with one attached hydrogen (secondary N) is 1. The molecule has 6 rings (SSSR count). The van der Waals surface area contributed by atoms with Gasteiger partial charge in [0.2, 0.25) is 5.91 Å². The normalized spacial score (nSPS) is 34.4. The number of alkyl carbamates (subject to hydrolysis) is 1. The molecular weight excluding hydrogens is 384 g/mol. The molecule has 7 nitrogen and oxygen atoms in total. The highest BCUT2D eigenvalue weighted by atomic mass is 16.6. The standard InChI is InChI=1S/C23H30N2O5/c26-21-9-13-28-19-4-2-1-3-18(19)16-5-7-17(8-6-16)30-15-20-23(10-12-25(20)21)11-14-29-22(27)24-23/h1-4,16-17,20H,5-15H2,(H,24,27)/t16-,17+,20-,23+/m0/s1. The number of hydrogen-bond donors (Lipinski definition) is 1. The number of cyclic esters (lactones) is 1. The molecule has 2 atom stereocenters. The first kappa shape index (κ1) is 19.7. The first-order chi connectivity index (χ1) is 14.6. The molecule has 1 saturated carbocycles. The average molecular weight is 415 g/mol. The number of amides is 2. The molecule has 0 radical (unpaired) electrons. The predicted molar refractivity (Wildman–Crippen MR) is 109 cm³/mol. The lowest BCUT2D eigenvalue weighted by Gasteiger charge is -2.41. The van der Waals surface area contributed by atoms with Crippen molar-refractivity contribution in [1.29, 1.82) is 0 Å². The van der Waals surface area contributed by atoms with Gasteiger partial charge in [-0.25, -0.2) is 4.79 Å². The Balaban J connectivity index is 1.40. The van der Waals surface area contributed by atoms with Gasteiger partial charge in [-0.1, -0.05) is 18.2 Å². The summed E-state index contributed by atoms with van der Waals surface area (Å²) in [6, 6.07) is 8.07. The van der Waals surface area contributed by atoms with Crippen molar-refractivity contribution >= 4 is 12.0 Å². The van der Waals surface area contributed by atoms with Crippen LogP contribution in [0.15, 0.2) is 24.3 Å². The number of hydrogen-bond acceptors (Lipinski definition) is 5. The predicted octanol–water partition coefficient (Wildman–Crippen LogP) is 2.98. The van der Waals surface area contributed by atoms with Gasteiger partial charge in [-0.05, 0) is 49.7 Å². The van der Waals surface area contributed by atoms with Crippen molar-refractivity contribution < 1.29 is 23.8 Å². The monoisotopic (exact) mass is 414 g/mol. The molecule has 162 valence electrons. The Morgan fingerprint density at radius 1 is 1.00 bits per heavy atom. The number of fused-ring (bicyclic) bond motifs is 6. The number of carbonyl (C=O) groups is 2. The van der Waals surface area contributed by atoms with Crippen molar-refractivity contribution in [3.05, 3.63) is 29.8 Å². The van der Waals surface area contributed by atoms with E-state index in [1.165, 1.54) is 5.56 Å².